The van der Waals surface area contributed by atoms with Crippen molar-refractivity contribution in [3.8, 4) is 5.75 Å². The molecule has 2 unspecified atom stereocenters. The van der Waals surface area contributed by atoms with E-state index in [2.05, 4.69) is 56.4 Å². The van der Waals surface area contributed by atoms with Crippen LogP contribution in [-0.2, 0) is 22.6 Å². The fourth-order valence-corrected chi connectivity index (χ4v) is 5.36. The maximum Gasteiger partial charge on any atom is 0.287 e. The van der Waals surface area contributed by atoms with Crippen LogP contribution in [-0.4, -0.2) is 42.5 Å². The van der Waals surface area contributed by atoms with Gasteiger partial charge in [-0.05, 0) is 73.1 Å². The molecule has 2 aliphatic heterocycles. The Labute approximate surface area is 230 Å². The van der Waals surface area contributed by atoms with E-state index in [1.807, 2.05) is 17.0 Å². The highest BCUT2D eigenvalue weighted by atomic mass is 16.5. The highest BCUT2D eigenvalue weighted by Gasteiger charge is 2.32. The molecule has 0 saturated carbocycles. The molecule has 0 aliphatic carbocycles. The van der Waals surface area contributed by atoms with E-state index < -0.39 is 0 Å². The number of hydrogen-bond donors (Lipinski definition) is 1. The van der Waals surface area contributed by atoms with Gasteiger partial charge in [0.2, 0.25) is 5.91 Å². The molecule has 2 amide bonds. The van der Waals surface area contributed by atoms with E-state index in [0.29, 0.717) is 36.9 Å². The molecule has 5 rings (SSSR count). The maximum atomic E-state index is 13.3. The number of nitrogens with zero attached hydrogens (tertiary/aromatic N) is 1. The Hall–Kier alpha value is -3.58. The smallest absolute Gasteiger partial charge is 0.287 e. The summed E-state index contributed by atoms with van der Waals surface area (Å²) in [6.07, 6.45) is 3.41. The molecule has 3 heterocycles. The number of fused-ring (bicyclic) bond motifs is 1. The van der Waals surface area contributed by atoms with Gasteiger partial charge in [-0.25, -0.2) is 0 Å². The van der Waals surface area contributed by atoms with E-state index in [9.17, 15) is 9.59 Å². The summed E-state index contributed by atoms with van der Waals surface area (Å²) in [5, 5.41) is 2.88. The number of nitrogens with one attached hydrogen (secondary N) is 1. The summed E-state index contributed by atoms with van der Waals surface area (Å²) in [6.45, 7) is 8.36. The molecule has 2 atom stereocenters. The molecule has 7 heteroatoms. The van der Waals surface area contributed by atoms with Crippen molar-refractivity contribution in [2.75, 3.05) is 19.7 Å². The lowest BCUT2D eigenvalue weighted by molar-refractivity contribution is -0.134. The zero-order valence-corrected chi connectivity index (χ0v) is 23.1. The summed E-state index contributed by atoms with van der Waals surface area (Å²) in [5.74, 6) is 1.74. The summed E-state index contributed by atoms with van der Waals surface area (Å²) in [4.78, 5) is 27.8. The molecule has 1 fully saturated rings. The normalized spacial score (nSPS) is 18.7. The van der Waals surface area contributed by atoms with Crippen LogP contribution in [0.3, 0.4) is 0 Å². The van der Waals surface area contributed by atoms with E-state index >= 15 is 0 Å². The molecule has 1 aromatic heterocycles. The van der Waals surface area contributed by atoms with Gasteiger partial charge in [-0.2, -0.15) is 0 Å². The van der Waals surface area contributed by atoms with Crippen LogP contribution in [0, 0.1) is 12.8 Å². The van der Waals surface area contributed by atoms with E-state index in [1.165, 1.54) is 11.1 Å². The molecular formula is C32H38N2O5. The minimum absolute atomic E-state index is 0.0797. The van der Waals surface area contributed by atoms with Crippen molar-refractivity contribution in [3.63, 3.8) is 0 Å². The second-order valence-electron chi connectivity index (χ2n) is 11.0. The highest BCUT2D eigenvalue weighted by molar-refractivity contribution is 5.91. The minimum atomic E-state index is -0.252. The van der Waals surface area contributed by atoms with Gasteiger partial charge in [0.15, 0.2) is 5.76 Å². The van der Waals surface area contributed by atoms with Crippen LogP contribution in [0.2, 0.25) is 0 Å². The first kappa shape index (κ1) is 27.0. The van der Waals surface area contributed by atoms with Gasteiger partial charge in [0.1, 0.15) is 18.1 Å². The quantitative estimate of drug-likeness (QED) is 0.390. The Bertz CT molecular complexity index is 1290. The number of amides is 2. The van der Waals surface area contributed by atoms with Crippen LogP contribution in [0.1, 0.15) is 77.7 Å². The van der Waals surface area contributed by atoms with Gasteiger partial charge in [0, 0.05) is 26.1 Å². The Morgan fingerprint density at radius 1 is 1.10 bits per heavy atom. The van der Waals surface area contributed by atoms with E-state index in [1.54, 1.807) is 12.1 Å². The van der Waals surface area contributed by atoms with Gasteiger partial charge < -0.3 is 24.1 Å². The largest absolute Gasteiger partial charge is 0.486 e. The molecule has 0 spiro atoms. The lowest BCUT2D eigenvalue weighted by atomic mass is 9.87. The standard InChI is InChI=1S/C32H38N2O5/c1-21(2)17-30(35)34-15-14-23-10-11-25(18-28(23)31(34)24-8-6-22(3)7-9-24)38-20-27-12-13-29(39-27)32(36)33-19-26-5-4-16-37-26/h6-13,18,21,26,31H,4-5,14-17,19-20H2,1-3H3,(H,33,36). The first-order valence-electron chi connectivity index (χ1n) is 14.0. The Morgan fingerprint density at radius 2 is 1.92 bits per heavy atom. The van der Waals surface area contributed by atoms with Gasteiger partial charge in [0.05, 0.1) is 12.1 Å². The van der Waals surface area contributed by atoms with E-state index in [0.717, 1.165) is 37.0 Å². The van der Waals surface area contributed by atoms with Gasteiger partial charge in [-0.3, -0.25) is 9.59 Å². The van der Waals surface area contributed by atoms with Crippen molar-refractivity contribution < 1.29 is 23.5 Å². The highest BCUT2D eigenvalue weighted by Crippen LogP contribution is 2.38. The third-order valence-corrected chi connectivity index (χ3v) is 7.42. The fraction of sp³-hybridized carbons (Fsp3) is 0.438. The van der Waals surface area contributed by atoms with Crippen LogP contribution in [0.4, 0.5) is 0 Å². The lowest BCUT2D eigenvalue weighted by Gasteiger charge is -2.38. The molecule has 3 aromatic rings. The number of rotatable bonds is 9. The third kappa shape index (κ3) is 6.53. The van der Waals surface area contributed by atoms with Gasteiger partial charge in [0.25, 0.3) is 5.91 Å². The van der Waals surface area contributed by atoms with Crippen LogP contribution in [0.15, 0.2) is 59.0 Å². The molecule has 0 bridgehead atoms. The van der Waals surface area contributed by atoms with Crippen LogP contribution in [0.25, 0.3) is 0 Å². The summed E-state index contributed by atoms with van der Waals surface area (Å²) in [5.41, 5.74) is 4.60. The number of furan rings is 1. The molecule has 1 saturated heterocycles. The van der Waals surface area contributed by atoms with E-state index in [-0.39, 0.29) is 36.3 Å². The number of hydrogen-bond acceptors (Lipinski definition) is 5. The SMILES string of the molecule is Cc1ccc(C2c3cc(OCc4ccc(C(=O)NCC5CCCO5)o4)ccc3CCN2C(=O)CC(C)C)cc1. The molecule has 7 nitrogen and oxygen atoms in total. The summed E-state index contributed by atoms with van der Waals surface area (Å²) >= 11 is 0. The number of carbonyl (C=O) groups excluding carboxylic acids is 2. The molecule has 39 heavy (non-hydrogen) atoms. The fourth-order valence-electron chi connectivity index (χ4n) is 5.36. The maximum absolute atomic E-state index is 13.3. The second kappa shape index (κ2) is 12.1. The number of aryl methyl sites for hydroxylation is 1. The van der Waals surface area contributed by atoms with Crippen molar-refractivity contribution in [3.05, 3.63) is 88.4 Å². The van der Waals surface area contributed by atoms with Crippen molar-refractivity contribution >= 4 is 11.8 Å². The van der Waals surface area contributed by atoms with Crippen molar-refractivity contribution in [2.24, 2.45) is 5.92 Å². The third-order valence-electron chi connectivity index (χ3n) is 7.42. The summed E-state index contributed by atoms with van der Waals surface area (Å²) in [7, 11) is 0. The number of carbonyl (C=O) groups is 2. The molecule has 1 N–H and O–H groups in total. The van der Waals surface area contributed by atoms with Crippen LogP contribution >= 0.6 is 0 Å². The summed E-state index contributed by atoms with van der Waals surface area (Å²) in [6, 6.07) is 17.8. The average molecular weight is 531 g/mol. The van der Waals surface area contributed by atoms with Crippen molar-refractivity contribution in [1.82, 2.24) is 10.2 Å². The average Bonchev–Trinajstić information content (AvgIpc) is 3.62. The monoisotopic (exact) mass is 530 g/mol. The van der Waals surface area contributed by atoms with Gasteiger partial charge >= 0.3 is 0 Å². The Kier molecular flexibility index (Phi) is 8.36. The zero-order valence-electron chi connectivity index (χ0n) is 23.1. The predicted molar refractivity (Wildman–Crippen MR) is 149 cm³/mol. The number of benzene rings is 2. The zero-order chi connectivity index (χ0) is 27.4. The molecule has 0 radical (unpaired) electrons. The van der Waals surface area contributed by atoms with Crippen LogP contribution < -0.4 is 10.1 Å². The van der Waals surface area contributed by atoms with Crippen molar-refractivity contribution in [2.45, 2.75) is 65.2 Å². The molecule has 2 aliphatic rings. The summed E-state index contributed by atoms with van der Waals surface area (Å²) < 4.78 is 17.4. The van der Waals surface area contributed by atoms with Gasteiger partial charge in [-0.15, -0.1) is 0 Å². The Morgan fingerprint density at radius 3 is 2.67 bits per heavy atom. The lowest BCUT2D eigenvalue weighted by Crippen LogP contribution is -2.41. The first-order chi connectivity index (χ1) is 18.9. The topological polar surface area (TPSA) is 81.0 Å². The molecule has 2 aromatic carbocycles. The van der Waals surface area contributed by atoms with E-state index in [4.69, 9.17) is 13.9 Å². The molecule has 206 valence electrons. The Balaban J connectivity index is 1.30. The molecular weight excluding hydrogens is 492 g/mol. The van der Waals surface area contributed by atoms with Crippen LogP contribution in [0.5, 0.6) is 5.75 Å². The van der Waals surface area contributed by atoms with Gasteiger partial charge in [-0.1, -0.05) is 49.7 Å². The predicted octanol–water partition coefficient (Wildman–Crippen LogP) is 5.60. The number of ether oxygens (including phenoxy) is 2. The second-order valence-corrected chi connectivity index (χ2v) is 11.0. The minimum Gasteiger partial charge on any atom is -0.486 e. The first-order valence-corrected chi connectivity index (χ1v) is 14.0. The van der Waals surface area contributed by atoms with Crippen molar-refractivity contribution in [1.29, 1.82) is 0 Å².